The Balaban J connectivity index is 1.99. The second-order valence-electron chi connectivity index (χ2n) is 4.34. The molecule has 1 atom stereocenters. The van der Waals surface area contributed by atoms with Crippen LogP contribution in [0.1, 0.15) is 23.6 Å². The Hall–Kier alpha value is -1.64. The molecule has 2 heteroatoms. The van der Waals surface area contributed by atoms with Gasteiger partial charge in [0.05, 0.1) is 0 Å². The molecule has 2 N–H and O–H groups in total. The molecular formula is C16H19NO. The van der Waals surface area contributed by atoms with Gasteiger partial charge in [-0.1, -0.05) is 60.7 Å². The van der Waals surface area contributed by atoms with E-state index in [1.165, 1.54) is 11.1 Å². The number of hydrogen-bond donors (Lipinski definition) is 2. The highest BCUT2D eigenvalue weighted by Gasteiger charge is 2.09. The van der Waals surface area contributed by atoms with E-state index < -0.39 is 0 Å². The number of aliphatic hydroxyl groups excluding tert-OH is 1. The van der Waals surface area contributed by atoms with Crippen molar-refractivity contribution < 1.29 is 5.11 Å². The van der Waals surface area contributed by atoms with Crippen LogP contribution in [0.25, 0.3) is 0 Å². The predicted octanol–water partition coefficient (Wildman–Crippen LogP) is 2.90. The van der Waals surface area contributed by atoms with Crippen LogP contribution >= 0.6 is 0 Å². The SMILES string of the molecule is OCCC(NCc1ccccc1)c1ccccc1. The van der Waals surface area contributed by atoms with Gasteiger partial charge in [-0.15, -0.1) is 0 Å². The summed E-state index contributed by atoms with van der Waals surface area (Å²) >= 11 is 0. The third kappa shape index (κ3) is 3.69. The molecular weight excluding hydrogens is 222 g/mol. The summed E-state index contributed by atoms with van der Waals surface area (Å²) in [5.74, 6) is 0. The summed E-state index contributed by atoms with van der Waals surface area (Å²) in [6, 6.07) is 20.8. The van der Waals surface area contributed by atoms with Gasteiger partial charge in [-0.3, -0.25) is 0 Å². The second kappa shape index (κ2) is 6.94. The van der Waals surface area contributed by atoms with Crippen LogP contribution in [0, 0.1) is 0 Å². The summed E-state index contributed by atoms with van der Waals surface area (Å²) in [5, 5.41) is 12.6. The Kier molecular flexibility index (Phi) is 4.94. The zero-order valence-corrected chi connectivity index (χ0v) is 10.4. The van der Waals surface area contributed by atoms with E-state index in [2.05, 4.69) is 29.6 Å². The van der Waals surface area contributed by atoms with E-state index >= 15 is 0 Å². The van der Waals surface area contributed by atoms with Crippen molar-refractivity contribution in [2.45, 2.75) is 19.0 Å². The molecule has 0 bridgehead atoms. The van der Waals surface area contributed by atoms with Crippen molar-refractivity contribution in [2.75, 3.05) is 6.61 Å². The summed E-state index contributed by atoms with van der Waals surface area (Å²) in [6.45, 7) is 1.02. The van der Waals surface area contributed by atoms with Crippen LogP contribution in [0.4, 0.5) is 0 Å². The first kappa shape index (κ1) is 12.8. The molecule has 0 spiro atoms. The van der Waals surface area contributed by atoms with Gasteiger partial charge >= 0.3 is 0 Å². The number of aliphatic hydroxyl groups is 1. The van der Waals surface area contributed by atoms with Crippen molar-refractivity contribution in [2.24, 2.45) is 0 Å². The Morgan fingerprint density at radius 1 is 0.889 bits per heavy atom. The maximum Gasteiger partial charge on any atom is 0.0449 e. The highest BCUT2D eigenvalue weighted by molar-refractivity contribution is 5.20. The maximum absolute atomic E-state index is 9.16. The summed E-state index contributed by atoms with van der Waals surface area (Å²) in [6.07, 6.45) is 0.733. The van der Waals surface area contributed by atoms with Gasteiger partial charge in [0.15, 0.2) is 0 Å². The Bertz CT molecular complexity index is 441. The monoisotopic (exact) mass is 241 g/mol. The molecule has 2 rings (SSSR count). The fourth-order valence-corrected chi connectivity index (χ4v) is 2.04. The van der Waals surface area contributed by atoms with Crippen LogP contribution in [0.5, 0.6) is 0 Å². The third-order valence-corrected chi connectivity index (χ3v) is 3.02. The van der Waals surface area contributed by atoms with Crippen molar-refractivity contribution in [3.8, 4) is 0 Å². The standard InChI is InChI=1S/C16H19NO/c18-12-11-16(15-9-5-2-6-10-15)17-13-14-7-3-1-4-8-14/h1-10,16-18H,11-13H2. The lowest BCUT2D eigenvalue weighted by Crippen LogP contribution is -2.21. The molecule has 0 aromatic heterocycles. The average Bonchev–Trinajstić information content (AvgIpc) is 2.45. The number of nitrogens with one attached hydrogen (secondary N) is 1. The van der Waals surface area contributed by atoms with Crippen LogP contribution in [0.3, 0.4) is 0 Å². The first-order chi connectivity index (χ1) is 8.90. The van der Waals surface area contributed by atoms with Gasteiger partial charge in [-0.2, -0.15) is 0 Å². The molecule has 0 heterocycles. The molecule has 2 aromatic rings. The summed E-state index contributed by atoms with van der Waals surface area (Å²) < 4.78 is 0. The molecule has 0 aliphatic rings. The lowest BCUT2D eigenvalue weighted by Gasteiger charge is -2.18. The minimum absolute atomic E-state index is 0.196. The summed E-state index contributed by atoms with van der Waals surface area (Å²) in [7, 11) is 0. The van der Waals surface area contributed by atoms with Crippen LogP contribution in [0.2, 0.25) is 0 Å². The molecule has 2 aromatic carbocycles. The Morgan fingerprint density at radius 3 is 2.11 bits per heavy atom. The minimum Gasteiger partial charge on any atom is -0.396 e. The molecule has 0 radical (unpaired) electrons. The van der Waals surface area contributed by atoms with Crippen LogP contribution < -0.4 is 5.32 Å². The molecule has 18 heavy (non-hydrogen) atoms. The van der Waals surface area contributed by atoms with Gasteiger partial charge in [0.2, 0.25) is 0 Å². The summed E-state index contributed by atoms with van der Waals surface area (Å²) in [4.78, 5) is 0. The fraction of sp³-hybridized carbons (Fsp3) is 0.250. The van der Waals surface area contributed by atoms with Crippen molar-refractivity contribution in [3.63, 3.8) is 0 Å². The number of rotatable bonds is 6. The van der Waals surface area contributed by atoms with Crippen LogP contribution in [-0.2, 0) is 6.54 Å². The molecule has 0 saturated heterocycles. The predicted molar refractivity (Wildman–Crippen MR) is 74.2 cm³/mol. The molecule has 94 valence electrons. The molecule has 0 aliphatic carbocycles. The van der Waals surface area contributed by atoms with Gasteiger partial charge in [-0.05, 0) is 17.5 Å². The highest BCUT2D eigenvalue weighted by atomic mass is 16.3. The molecule has 0 saturated carbocycles. The third-order valence-electron chi connectivity index (χ3n) is 3.02. The topological polar surface area (TPSA) is 32.3 Å². The number of hydrogen-bond acceptors (Lipinski definition) is 2. The smallest absolute Gasteiger partial charge is 0.0449 e. The van der Waals surface area contributed by atoms with E-state index in [9.17, 15) is 0 Å². The molecule has 0 fully saturated rings. The van der Waals surface area contributed by atoms with Gasteiger partial charge in [0, 0.05) is 19.2 Å². The quantitative estimate of drug-likeness (QED) is 0.815. The van der Waals surface area contributed by atoms with E-state index in [1.807, 2.05) is 36.4 Å². The zero-order chi connectivity index (χ0) is 12.6. The molecule has 0 aliphatic heterocycles. The van der Waals surface area contributed by atoms with Gasteiger partial charge < -0.3 is 10.4 Å². The first-order valence-corrected chi connectivity index (χ1v) is 6.33. The van der Waals surface area contributed by atoms with Crippen molar-refractivity contribution >= 4 is 0 Å². The van der Waals surface area contributed by atoms with E-state index in [-0.39, 0.29) is 12.6 Å². The summed E-state index contributed by atoms with van der Waals surface area (Å²) in [5.41, 5.74) is 2.49. The van der Waals surface area contributed by atoms with E-state index in [0.29, 0.717) is 0 Å². The molecule has 2 nitrogen and oxygen atoms in total. The van der Waals surface area contributed by atoms with Crippen LogP contribution in [-0.4, -0.2) is 11.7 Å². The van der Waals surface area contributed by atoms with E-state index in [4.69, 9.17) is 5.11 Å². The lowest BCUT2D eigenvalue weighted by molar-refractivity contribution is 0.265. The molecule has 1 unspecified atom stereocenters. The van der Waals surface area contributed by atoms with Crippen molar-refractivity contribution in [1.29, 1.82) is 0 Å². The van der Waals surface area contributed by atoms with Crippen LogP contribution in [0.15, 0.2) is 60.7 Å². The highest BCUT2D eigenvalue weighted by Crippen LogP contribution is 2.16. The number of benzene rings is 2. The zero-order valence-electron chi connectivity index (χ0n) is 10.4. The Labute approximate surface area is 108 Å². The van der Waals surface area contributed by atoms with Gasteiger partial charge in [0.1, 0.15) is 0 Å². The normalized spacial score (nSPS) is 12.3. The average molecular weight is 241 g/mol. The fourth-order valence-electron chi connectivity index (χ4n) is 2.04. The first-order valence-electron chi connectivity index (χ1n) is 6.33. The van der Waals surface area contributed by atoms with Gasteiger partial charge in [0.25, 0.3) is 0 Å². The maximum atomic E-state index is 9.16. The van der Waals surface area contributed by atoms with E-state index in [1.54, 1.807) is 0 Å². The van der Waals surface area contributed by atoms with Crippen molar-refractivity contribution in [3.05, 3.63) is 71.8 Å². The molecule has 0 amide bonds. The van der Waals surface area contributed by atoms with Gasteiger partial charge in [-0.25, -0.2) is 0 Å². The van der Waals surface area contributed by atoms with E-state index in [0.717, 1.165) is 13.0 Å². The lowest BCUT2D eigenvalue weighted by atomic mass is 10.0. The Morgan fingerprint density at radius 2 is 1.50 bits per heavy atom. The largest absolute Gasteiger partial charge is 0.396 e. The second-order valence-corrected chi connectivity index (χ2v) is 4.34. The van der Waals surface area contributed by atoms with Crippen molar-refractivity contribution in [1.82, 2.24) is 5.32 Å². The minimum atomic E-state index is 0.196.